The van der Waals surface area contributed by atoms with Gasteiger partial charge in [0.2, 0.25) is 0 Å². The number of carbonyl (C=O) groups excluding carboxylic acids is 1. The summed E-state index contributed by atoms with van der Waals surface area (Å²) in [6.45, 7) is 1.28. The summed E-state index contributed by atoms with van der Waals surface area (Å²) in [5.41, 5.74) is 2.12. The van der Waals surface area contributed by atoms with E-state index in [9.17, 15) is 15.0 Å². The van der Waals surface area contributed by atoms with Gasteiger partial charge >= 0.3 is 0 Å². The van der Waals surface area contributed by atoms with Crippen molar-refractivity contribution in [2.24, 2.45) is 0 Å². The van der Waals surface area contributed by atoms with Gasteiger partial charge in [-0.05, 0) is 58.7 Å². The number of carbonyl (C=O) groups is 1. The maximum Gasteiger partial charge on any atom is 0.137 e. The zero-order chi connectivity index (χ0) is 27.0. The van der Waals surface area contributed by atoms with Crippen LogP contribution in [-0.2, 0) is 11.3 Å². The Bertz CT molecular complexity index is 1360. The van der Waals surface area contributed by atoms with E-state index >= 15 is 0 Å². The summed E-state index contributed by atoms with van der Waals surface area (Å²) in [6.07, 6.45) is -1.41. The van der Waals surface area contributed by atoms with Crippen LogP contribution in [0.3, 0.4) is 0 Å². The van der Waals surface area contributed by atoms with Gasteiger partial charge in [-0.2, -0.15) is 0 Å². The lowest BCUT2D eigenvalue weighted by Gasteiger charge is -2.40. The molecule has 3 unspecified atom stereocenters. The number of ether oxygens (including phenoxy) is 2. The predicted octanol–water partition coefficient (Wildman–Crippen LogP) is 5.09. The molecule has 3 atom stereocenters. The van der Waals surface area contributed by atoms with Crippen LogP contribution in [-0.4, -0.2) is 53.8 Å². The SMILES string of the molecule is O=C([O-])N1CCC(c2ccc(OCC(O)CSc3ccccc3)cc2)C(OCc2ccc3ccccc3c2)C1. The second-order valence-corrected chi connectivity index (χ2v) is 10.9. The summed E-state index contributed by atoms with van der Waals surface area (Å²) >= 11 is 1.60. The minimum atomic E-state index is -1.17. The Morgan fingerprint density at radius 3 is 2.49 bits per heavy atom. The number of thioether (sulfide) groups is 1. The van der Waals surface area contributed by atoms with E-state index in [4.69, 9.17) is 9.47 Å². The minimum Gasteiger partial charge on any atom is -0.530 e. The molecule has 202 valence electrons. The van der Waals surface area contributed by atoms with Gasteiger partial charge in [-0.25, -0.2) is 0 Å². The van der Waals surface area contributed by atoms with Crippen molar-refractivity contribution in [2.75, 3.05) is 25.4 Å². The van der Waals surface area contributed by atoms with Crippen molar-refractivity contribution >= 4 is 28.6 Å². The molecule has 0 saturated carbocycles. The number of benzene rings is 4. The van der Waals surface area contributed by atoms with Crippen molar-refractivity contribution in [1.82, 2.24) is 4.90 Å². The molecule has 4 aromatic rings. The monoisotopic (exact) mass is 542 g/mol. The van der Waals surface area contributed by atoms with E-state index in [1.165, 1.54) is 10.3 Å². The molecule has 1 heterocycles. The zero-order valence-electron chi connectivity index (χ0n) is 21.6. The molecule has 6 nitrogen and oxygen atoms in total. The average molecular weight is 543 g/mol. The van der Waals surface area contributed by atoms with Crippen LogP contribution in [0.15, 0.2) is 102 Å². The number of amides is 1. The van der Waals surface area contributed by atoms with E-state index in [0.29, 0.717) is 31.1 Å². The molecule has 7 heteroatoms. The molecule has 0 bridgehead atoms. The first-order valence-corrected chi connectivity index (χ1v) is 14.2. The third kappa shape index (κ3) is 7.32. The van der Waals surface area contributed by atoms with Crippen LogP contribution < -0.4 is 9.84 Å². The summed E-state index contributed by atoms with van der Waals surface area (Å²) < 4.78 is 12.2. The van der Waals surface area contributed by atoms with Crippen LogP contribution >= 0.6 is 11.8 Å². The summed E-state index contributed by atoms with van der Waals surface area (Å²) in [7, 11) is 0. The lowest BCUT2D eigenvalue weighted by molar-refractivity contribution is -0.268. The van der Waals surface area contributed by atoms with Crippen molar-refractivity contribution in [3.8, 4) is 5.75 Å². The van der Waals surface area contributed by atoms with Crippen LogP contribution in [0.5, 0.6) is 5.75 Å². The molecule has 39 heavy (non-hydrogen) atoms. The number of carboxylic acid groups (broad SMARTS) is 1. The van der Waals surface area contributed by atoms with E-state index in [1.807, 2.05) is 66.7 Å². The molecule has 1 aliphatic heterocycles. The first kappa shape index (κ1) is 27.1. The summed E-state index contributed by atoms with van der Waals surface area (Å²) in [5.74, 6) is 1.28. The highest BCUT2D eigenvalue weighted by molar-refractivity contribution is 7.99. The van der Waals surface area contributed by atoms with Crippen LogP contribution in [0.4, 0.5) is 4.79 Å². The number of nitrogens with zero attached hydrogens (tertiary/aromatic N) is 1. The number of aliphatic hydroxyl groups excluding tert-OH is 1. The van der Waals surface area contributed by atoms with Gasteiger partial charge in [-0.3, -0.25) is 0 Å². The Labute approximate surface area is 233 Å². The number of piperidine rings is 1. The normalized spacial score (nSPS) is 18.1. The predicted molar refractivity (Wildman–Crippen MR) is 152 cm³/mol. The largest absolute Gasteiger partial charge is 0.530 e. The molecule has 4 aromatic carbocycles. The third-order valence-corrected chi connectivity index (χ3v) is 8.19. The van der Waals surface area contributed by atoms with Crippen LogP contribution in [0, 0.1) is 0 Å². The summed E-state index contributed by atoms with van der Waals surface area (Å²) in [4.78, 5) is 14.0. The lowest BCUT2D eigenvalue weighted by atomic mass is 9.87. The Balaban J connectivity index is 1.19. The minimum absolute atomic E-state index is 0.0444. The molecule has 1 aliphatic rings. The van der Waals surface area contributed by atoms with Crippen molar-refractivity contribution in [3.63, 3.8) is 0 Å². The molecule has 5 rings (SSSR count). The molecular weight excluding hydrogens is 510 g/mol. The van der Waals surface area contributed by atoms with Crippen LogP contribution in [0.2, 0.25) is 0 Å². The van der Waals surface area contributed by atoms with Crippen molar-refractivity contribution in [2.45, 2.75) is 36.0 Å². The van der Waals surface area contributed by atoms with Gasteiger partial charge in [0.1, 0.15) is 18.4 Å². The van der Waals surface area contributed by atoms with Crippen molar-refractivity contribution in [1.29, 1.82) is 0 Å². The highest BCUT2D eigenvalue weighted by Crippen LogP contribution is 2.32. The highest BCUT2D eigenvalue weighted by Gasteiger charge is 2.31. The summed E-state index contributed by atoms with van der Waals surface area (Å²) in [6, 6.07) is 32.2. The van der Waals surface area contributed by atoms with Crippen LogP contribution in [0.25, 0.3) is 10.8 Å². The van der Waals surface area contributed by atoms with E-state index in [0.717, 1.165) is 21.4 Å². The van der Waals surface area contributed by atoms with Gasteiger partial charge in [-0.1, -0.05) is 66.7 Å². The maximum absolute atomic E-state index is 11.6. The Hall–Kier alpha value is -3.52. The average Bonchev–Trinajstić information content (AvgIpc) is 2.98. The molecule has 1 saturated heterocycles. The quantitative estimate of drug-likeness (QED) is 0.281. The smallest absolute Gasteiger partial charge is 0.137 e. The maximum atomic E-state index is 11.6. The third-order valence-electron chi connectivity index (χ3n) is 7.03. The molecule has 0 aromatic heterocycles. The fraction of sp³-hybridized carbons (Fsp3) is 0.281. The number of fused-ring (bicyclic) bond motifs is 1. The van der Waals surface area contributed by atoms with Gasteiger partial charge in [0, 0.05) is 29.7 Å². The molecule has 1 fully saturated rings. The fourth-order valence-corrected chi connectivity index (χ4v) is 5.76. The molecule has 0 aliphatic carbocycles. The van der Waals surface area contributed by atoms with Gasteiger partial charge < -0.3 is 29.4 Å². The van der Waals surface area contributed by atoms with Gasteiger partial charge in [0.25, 0.3) is 0 Å². The fourth-order valence-electron chi connectivity index (χ4n) is 4.93. The Kier molecular flexibility index (Phi) is 9.04. The number of hydrogen-bond donors (Lipinski definition) is 1. The molecule has 1 amide bonds. The molecule has 1 N–H and O–H groups in total. The first-order chi connectivity index (χ1) is 19.0. The first-order valence-electron chi connectivity index (χ1n) is 13.2. The van der Waals surface area contributed by atoms with Crippen LogP contribution in [0.1, 0.15) is 23.5 Å². The number of aliphatic hydroxyl groups is 1. The molecule has 0 spiro atoms. The standard InChI is InChI=1S/C32H33NO5S/c34-27(22-39-29-8-2-1-3-9-29)21-37-28-14-12-25(13-15-28)30-16-17-33(32(35)36)19-31(30)38-20-23-10-11-24-6-4-5-7-26(24)18-23/h1-15,18,27,30-31,34H,16-17,19-22H2,(H,35,36)/p-1. The lowest BCUT2D eigenvalue weighted by Crippen LogP contribution is -2.51. The second kappa shape index (κ2) is 13.0. The summed E-state index contributed by atoms with van der Waals surface area (Å²) in [5, 5.41) is 24.2. The van der Waals surface area contributed by atoms with E-state index in [1.54, 1.807) is 11.8 Å². The number of hydrogen-bond acceptors (Lipinski definition) is 6. The van der Waals surface area contributed by atoms with E-state index < -0.39 is 12.2 Å². The van der Waals surface area contributed by atoms with E-state index in [2.05, 4.69) is 30.3 Å². The number of rotatable bonds is 10. The second-order valence-electron chi connectivity index (χ2n) is 9.80. The molecular formula is C32H32NO5S-. The van der Waals surface area contributed by atoms with Gasteiger partial charge in [0.15, 0.2) is 0 Å². The Morgan fingerprint density at radius 2 is 1.72 bits per heavy atom. The van der Waals surface area contributed by atoms with E-state index in [-0.39, 0.29) is 25.2 Å². The molecule has 0 radical (unpaired) electrons. The highest BCUT2D eigenvalue weighted by atomic mass is 32.2. The van der Waals surface area contributed by atoms with Gasteiger partial charge in [0.05, 0.1) is 18.8 Å². The zero-order valence-corrected chi connectivity index (χ0v) is 22.5. The topological polar surface area (TPSA) is 82.1 Å². The number of likely N-dealkylation sites (tertiary alicyclic amines) is 1. The van der Waals surface area contributed by atoms with Crippen molar-refractivity contribution in [3.05, 3.63) is 108 Å². The Morgan fingerprint density at radius 1 is 0.974 bits per heavy atom. The van der Waals surface area contributed by atoms with Gasteiger partial charge in [-0.15, -0.1) is 11.8 Å². The van der Waals surface area contributed by atoms with Crippen molar-refractivity contribution < 1.29 is 24.5 Å².